The second kappa shape index (κ2) is 6.27. The van der Waals surface area contributed by atoms with Crippen LogP contribution in [0.2, 0.25) is 0 Å². The predicted molar refractivity (Wildman–Crippen MR) is 79.0 cm³/mol. The van der Waals surface area contributed by atoms with E-state index in [1.165, 1.54) is 16.7 Å². The lowest BCUT2D eigenvalue weighted by Crippen LogP contribution is -2.23. The van der Waals surface area contributed by atoms with Gasteiger partial charge in [0.2, 0.25) is 12.0 Å². The first-order chi connectivity index (χ1) is 10.6. The van der Waals surface area contributed by atoms with Crippen molar-refractivity contribution in [2.75, 3.05) is 26.5 Å². The van der Waals surface area contributed by atoms with Gasteiger partial charge in [0.25, 0.3) is 11.1 Å². The van der Waals surface area contributed by atoms with E-state index in [1.807, 2.05) is 24.3 Å². The molecule has 0 saturated heterocycles. The monoisotopic (exact) mass is 321 g/mol. The van der Waals surface area contributed by atoms with Gasteiger partial charge in [-0.05, 0) is 12.1 Å². The van der Waals surface area contributed by atoms with Gasteiger partial charge in [0.05, 0.1) is 5.75 Å². The Labute approximate surface area is 131 Å². The molecule has 7 nitrogen and oxygen atoms in total. The largest absolute Gasteiger partial charge is 0.485 e. The molecule has 0 saturated carbocycles. The first-order valence-electron chi connectivity index (χ1n) is 6.68. The number of nitrogens with zero attached hydrogens (tertiary/aromatic N) is 3. The third kappa shape index (κ3) is 3.16. The molecule has 2 aromatic rings. The number of rotatable bonds is 4. The highest BCUT2D eigenvalue weighted by Gasteiger charge is 2.27. The van der Waals surface area contributed by atoms with Gasteiger partial charge in [-0.25, -0.2) is 0 Å². The van der Waals surface area contributed by atoms with E-state index < -0.39 is 6.10 Å². The maximum Gasteiger partial charge on any atom is 0.277 e. The van der Waals surface area contributed by atoms with E-state index in [-0.39, 0.29) is 11.7 Å². The molecule has 116 valence electrons. The van der Waals surface area contributed by atoms with Gasteiger partial charge < -0.3 is 18.8 Å². The Morgan fingerprint density at radius 2 is 2.09 bits per heavy atom. The fraction of sp³-hybridized carbons (Fsp3) is 0.357. The molecule has 1 aromatic heterocycles. The number of carbonyl (C=O) groups excluding carboxylic acids is 1. The van der Waals surface area contributed by atoms with Gasteiger partial charge in [0.15, 0.2) is 11.5 Å². The van der Waals surface area contributed by atoms with Crippen LogP contribution in [0.1, 0.15) is 12.0 Å². The molecule has 1 aliphatic rings. The van der Waals surface area contributed by atoms with E-state index in [0.29, 0.717) is 29.2 Å². The maximum atomic E-state index is 11.5. The number of carbonyl (C=O) groups is 1. The average molecular weight is 321 g/mol. The van der Waals surface area contributed by atoms with Gasteiger partial charge in [0.1, 0.15) is 6.61 Å². The fourth-order valence-corrected chi connectivity index (χ4v) is 2.55. The molecule has 22 heavy (non-hydrogen) atoms. The van der Waals surface area contributed by atoms with Crippen LogP contribution in [0.3, 0.4) is 0 Å². The van der Waals surface area contributed by atoms with E-state index in [9.17, 15) is 4.79 Å². The standard InChI is InChI=1S/C14H15N3O4S/c1-17(2)12(18)8-22-14-16-15-13(21-14)11-7-19-9-5-3-4-6-10(9)20-11/h3-6,11H,7-8H2,1-2H3/t11-/m0/s1. The van der Waals surface area contributed by atoms with Crippen LogP contribution in [0.15, 0.2) is 33.9 Å². The molecular weight excluding hydrogens is 306 g/mol. The molecule has 0 fully saturated rings. The summed E-state index contributed by atoms with van der Waals surface area (Å²) in [5.41, 5.74) is 0. The Balaban J connectivity index is 1.64. The van der Waals surface area contributed by atoms with Crippen molar-refractivity contribution in [1.29, 1.82) is 0 Å². The number of thioether (sulfide) groups is 1. The summed E-state index contributed by atoms with van der Waals surface area (Å²) in [6, 6.07) is 7.41. The first-order valence-corrected chi connectivity index (χ1v) is 7.67. The number of hydrogen-bond acceptors (Lipinski definition) is 7. The van der Waals surface area contributed by atoms with Crippen molar-refractivity contribution in [2.24, 2.45) is 0 Å². The zero-order valence-corrected chi connectivity index (χ0v) is 13.0. The smallest absolute Gasteiger partial charge is 0.277 e. The minimum Gasteiger partial charge on any atom is -0.485 e. The summed E-state index contributed by atoms with van der Waals surface area (Å²) in [5.74, 6) is 1.92. The minimum absolute atomic E-state index is 0.0177. The van der Waals surface area contributed by atoms with E-state index in [4.69, 9.17) is 13.9 Å². The van der Waals surface area contributed by atoms with Gasteiger partial charge in [-0.15, -0.1) is 10.2 Å². The van der Waals surface area contributed by atoms with Gasteiger partial charge in [-0.3, -0.25) is 4.79 Å². The Kier molecular flexibility index (Phi) is 4.19. The van der Waals surface area contributed by atoms with E-state index in [1.54, 1.807) is 14.1 Å². The molecule has 1 atom stereocenters. The highest BCUT2D eigenvalue weighted by molar-refractivity contribution is 7.99. The van der Waals surface area contributed by atoms with Gasteiger partial charge in [-0.1, -0.05) is 23.9 Å². The third-order valence-corrected chi connectivity index (χ3v) is 3.83. The van der Waals surface area contributed by atoms with Crippen LogP contribution in [0.25, 0.3) is 0 Å². The third-order valence-electron chi connectivity index (χ3n) is 3.02. The van der Waals surface area contributed by atoms with Crippen molar-refractivity contribution in [3.8, 4) is 11.5 Å². The zero-order valence-electron chi connectivity index (χ0n) is 12.2. The molecule has 1 aliphatic heterocycles. The normalized spacial score (nSPS) is 16.4. The topological polar surface area (TPSA) is 77.7 Å². The van der Waals surface area contributed by atoms with Crippen molar-refractivity contribution in [2.45, 2.75) is 11.3 Å². The Morgan fingerprint density at radius 1 is 1.32 bits per heavy atom. The van der Waals surface area contributed by atoms with Crippen LogP contribution in [0, 0.1) is 0 Å². The van der Waals surface area contributed by atoms with Crippen LogP contribution in [0.5, 0.6) is 11.5 Å². The molecule has 0 N–H and O–H groups in total. The van der Waals surface area contributed by atoms with Gasteiger partial charge in [0, 0.05) is 14.1 Å². The first kappa shape index (κ1) is 14.7. The van der Waals surface area contributed by atoms with E-state index in [0.717, 1.165) is 0 Å². The minimum atomic E-state index is -0.443. The number of hydrogen-bond donors (Lipinski definition) is 0. The molecule has 0 aliphatic carbocycles. The fourth-order valence-electron chi connectivity index (χ4n) is 1.80. The van der Waals surface area contributed by atoms with Crippen LogP contribution >= 0.6 is 11.8 Å². The van der Waals surface area contributed by atoms with Crippen LogP contribution in [-0.2, 0) is 4.79 Å². The van der Waals surface area contributed by atoms with E-state index in [2.05, 4.69) is 10.2 Å². The maximum absolute atomic E-state index is 11.5. The lowest BCUT2D eigenvalue weighted by molar-refractivity contribution is -0.125. The molecule has 0 spiro atoms. The highest BCUT2D eigenvalue weighted by Crippen LogP contribution is 2.35. The number of amides is 1. The average Bonchev–Trinajstić information content (AvgIpc) is 3.01. The Bertz CT molecular complexity index is 674. The summed E-state index contributed by atoms with van der Waals surface area (Å²) in [5, 5.41) is 8.23. The SMILES string of the molecule is CN(C)C(=O)CSc1nnc([C@@H]2COc3ccccc3O2)o1. The van der Waals surface area contributed by atoms with Gasteiger partial charge >= 0.3 is 0 Å². The van der Waals surface area contributed by atoms with Crippen molar-refractivity contribution in [1.82, 2.24) is 15.1 Å². The molecule has 0 radical (unpaired) electrons. The Hall–Kier alpha value is -2.22. The van der Waals surface area contributed by atoms with Crippen molar-refractivity contribution in [3.63, 3.8) is 0 Å². The second-order valence-electron chi connectivity index (χ2n) is 4.85. The molecule has 8 heteroatoms. The highest BCUT2D eigenvalue weighted by atomic mass is 32.2. The van der Waals surface area contributed by atoms with Crippen LogP contribution < -0.4 is 9.47 Å². The molecule has 2 heterocycles. The molecular formula is C14H15N3O4S. The quantitative estimate of drug-likeness (QED) is 0.794. The number of benzene rings is 1. The molecule has 1 amide bonds. The van der Waals surface area contributed by atoms with Crippen molar-refractivity contribution < 1.29 is 18.7 Å². The number of fused-ring (bicyclic) bond motifs is 1. The van der Waals surface area contributed by atoms with Crippen LogP contribution in [-0.4, -0.2) is 47.5 Å². The zero-order chi connectivity index (χ0) is 15.5. The molecule has 1 aromatic carbocycles. The summed E-state index contributed by atoms with van der Waals surface area (Å²) in [6.07, 6.45) is -0.443. The summed E-state index contributed by atoms with van der Waals surface area (Å²) in [4.78, 5) is 13.0. The van der Waals surface area contributed by atoms with E-state index >= 15 is 0 Å². The molecule has 0 unspecified atom stereocenters. The summed E-state index contributed by atoms with van der Waals surface area (Å²) in [7, 11) is 3.40. The number of aromatic nitrogens is 2. The molecule has 3 rings (SSSR count). The Morgan fingerprint density at radius 3 is 2.86 bits per heavy atom. The number of ether oxygens (including phenoxy) is 2. The van der Waals surface area contributed by atoms with Gasteiger partial charge in [-0.2, -0.15) is 0 Å². The lowest BCUT2D eigenvalue weighted by Gasteiger charge is -2.23. The molecule has 0 bridgehead atoms. The summed E-state index contributed by atoms with van der Waals surface area (Å²) < 4.78 is 16.9. The van der Waals surface area contributed by atoms with Crippen molar-refractivity contribution in [3.05, 3.63) is 30.2 Å². The predicted octanol–water partition coefficient (Wildman–Crippen LogP) is 1.76. The second-order valence-corrected chi connectivity index (χ2v) is 5.77. The number of para-hydroxylation sites is 2. The van der Waals surface area contributed by atoms with Crippen molar-refractivity contribution >= 4 is 17.7 Å². The lowest BCUT2D eigenvalue weighted by atomic mass is 10.2. The van der Waals surface area contributed by atoms with Crippen LogP contribution in [0.4, 0.5) is 0 Å². The summed E-state index contributed by atoms with van der Waals surface area (Å²) in [6.45, 7) is 0.305. The summed E-state index contributed by atoms with van der Waals surface area (Å²) >= 11 is 1.20.